The van der Waals surface area contributed by atoms with Gasteiger partial charge in [0.1, 0.15) is 17.3 Å². The van der Waals surface area contributed by atoms with Crippen molar-refractivity contribution in [1.82, 2.24) is 20.1 Å². The average Bonchev–Trinajstić information content (AvgIpc) is 3.20. The van der Waals surface area contributed by atoms with E-state index in [0.29, 0.717) is 5.69 Å². The van der Waals surface area contributed by atoms with E-state index in [-0.39, 0.29) is 41.6 Å². The van der Waals surface area contributed by atoms with Crippen LogP contribution in [0, 0.1) is 17.0 Å². The van der Waals surface area contributed by atoms with E-state index in [1.807, 2.05) is 12.1 Å². The molecule has 1 N–H and O–H groups in total. The van der Waals surface area contributed by atoms with Crippen LogP contribution in [0.3, 0.4) is 0 Å². The number of carbonyl (C=O) groups is 1. The minimum atomic E-state index is -0.675. The second-order valence-corrected chi connectivity index (χ2v) is 9.71. The summed E-state index contributed by atoms with van der Waals surface area (Å²) in [5.74, 6) is -1.50. The Morgan fingerprint density at radius 1 is 1.15 bits per heavy atom. The molecule has 2 aliphatic rings. The van der Waals surface area contributed by atoms with Crippen LogP contribution >= 0.6 is 0 Å². The summed E-state index contributed by atoms with van der Waals surface area (Å²) in [5.41, 5.74) is 1.87. The largest absolute Gasteiger partial charge is 0.395 e. The lowest BCUT2D eigenvalue weighted by Crippen LogP contribution is -2.38. The molecule has 2 bridgehead atoms. The summed E-state index contributed by atoms with van der Waals surface area (Å²) in [7, 11) is 1.63. The summed E-state index contributed by atoms with van der Waals surface area (Å²) < 4.78 is 28.9. The third-order valence-electron chi connectivity index (χ3n) is 7.79. The number of aromatic nitrogens is 3. The highest BCUT2D eigenvalue weighted by Gasteiger charge is 2.65. The smallest absolute Gasteiger partial charge is 0.272 e. The minimum absolute atomic E-state index is 0.116. The number of aliphatic hydroxyl groups is 1. The zero-order valence-corrected chi connectivity index (χ0v) is 19.3. The van der Waals surface area contributed by atoms with Crippen molar-refractivity contribution in [3.05, 3.63) is 76.7 Å². The van der Waals surface area contributed by atoms with E-state index in [1.54, 1.807) is 19.2 Å². The molecule has 1 saturated carbocycles. The number of hydrogen-bond donors (Lipinski definition) is 1. The lowest BCUT2D eigenvalue weighted by molar-refractivity contribution is 0.0760. The Morgan fingerprint density at radius 2 is 1.85 bits per heavy atom. The maximum atomic E-state index is 14.4. The number of carbonyl (C=O) groups excluding carboxylic acids is 1. The van der Waals surface area contributed by atoms with Crippen LogP contribution in [-0.2, 0) is 5.41 Å². The average molecular weight is 465 g/mol. The third kappa shape index (κ3) is 3.01. The van der Waals surface area contributed by atoms with Gasteiger partial charge in [0.2, 0.25) is 0 Å². The van der Waals surface area contributed by atoms with Gasteiger partial charge in [0.05, 0.1) is 34.7 Å². The Labute approximate surface area is 196 Å². The van der Waals surface area contributed by atoms with Crippen LogP contribution in [0.1, 0.15) is 60.0 Å². The van der Waals surface area contributed by atoms with Crippen molar-refractivity contribution in [3.63, 3.8) is 0 Å². The molecule has 8 heteroatoms. The Kier molecular flexibility index (Phi) is 5.24. The van der Waals surface area contributed by atoms with Gasteiger partial charge in [-0.05, 0) is 60.1 Å². The summed E-state index contributed by atoms with van der Waals surface area (Å²) in [4.78, 5) is 19.0. The number of nitrogens with zero attached hydrogens (tertiary/aromatic N) is 4. The number of pyridine rings is 1. The monoisotopic (exact) mass is 464 g/mol. The number of amides is 1. The molecule has 1 amide bonds. The molecule has 1 aromatic carbocycles. The summed E-state index contributed by atoms with van der Waals surface area (Å²) in [6.07, 6.45) is 1.66. The number of rotatable bonds is 5. The predicted octanol–water partition coefficient (Wildman–Crippen LogP) is 4.08. The van der Waals surface area contributed by atoms with Gasteiger partial charge in [-0.25, -0.2) is 13.8 Å². The first kappa shape index (κ1) is 22.5. The van der Waals surface area contributed by atoms with Gasteiger partial charge < -0.3 is 10.0 Å². The third-order valence-corrected chi connectivity index (χ3v) is 7.79. The fourth-order valence-corrected chi connectivity index (χ4v) is 6.00. The topological polar surface area (TPSA) is 79.2 Å². The molecular weight excluding hydrogens is 438 g/mol. The maximum Gasteiger partial charge on any atom is 0.272 e. The van der Waals surface area contributed by atoms with Crippen molar-refractivity contribution in [2.24, 2.45) is 5.41 Å². The van der Waals surface area contributed by atoms with Crippen molar-refractivity contribution in [1.29, 1.82) is 0 Å². The maximum absolute atomic E-state index is 14.4. The highest BCUT2D eigenvalue weighted by Crippen LogP contribution is 2.69. The highest BCUT2D eigenvalue weighted by atomic mass is 19.1. The van der Waals surface area contributed by atoms with Crippen LogP contribution in [0.25, 0.3) is 11.3 Å². The SMILES string of the molecule is CN(CCO)C(=O)c1cccc([C@]23CC[C@@H](c4cc(-c5c(F)cccc5F)nnc42)C3(C)C)n1. The zero-order valence-electron chi connectivity index (χ0n) is 19.3. The lowest BCUT2D eigenvalue weighted by Gasteiger charge is -2.37. The number of benzene rings is 1. The summed E-state index contributed by atoms with van der Waals surface area (Å²) in [6, 6.07) is 10.9. The van der Waals surface area contributed by atoms with Gasteiger partial charge in [-0.3, -0.25) is 4.79 Å². The van der Waals surface area contributed by atoms with Gasteiger partial charge in [-0.15, -0.1) is 5.10 Å². The van der Waals surface area contributed by atoms with Crippen molar-refractivity contribution < 1.29 is 18.7 Å². The Morgan fingerprint density at radius 3 is 2.56 bits per heavy atom. The van der Waals surface area contributed by atoms with Crippen LogP contribution < -0.4 is 0 Å². The molecule has 6 nitrogen and oxygen atoms in total. The van der Waals surface area contributed by atoms with E-state index in [2.05, 4.69) is 24.0 Å². The molecule has 176 valence electrons. The van der Waals surface area contributed by atoms with Crippen LogP contribution in [0.15, 0.2) is 42.5 Å². The van der Waals surface area contributed by atoms with E-state index in [9.17, 15) is 18.7 Å². The summed E-state index contributed by atoms with van der Waals surface area (Å²) in [6.45, 7) is 4.40. The number of aliphatic hydroxyl groups excluding tert-OH is 1. The first-order valence-corrected chi connectivity index (χ1v) is 11.4. The molecule has 0 spiro atoms. The van der Waals surface area contributed by atoms with Crippen LogP contribution in [0.2, 0.25) is 0 Å². The molecule has 0 unspecified atom stereocenters. The van der Waals surface area contributed by atoms with Crippen LogP contribution in [0.5, 0.6) is 0 Å². The van der Waals surface area contributed by atoms with Crippen molar-refractivity contribution in [2.45, 2.75) is 38.0 Å². The molecule has 0 aliphatic heterocycles. The molecule has 34 heavy (non-hydrogen) atoms. The van der Waals surface area contributed by atoms with E-state index in [0.717, 1.165) is 29.8 Å². The molecule has 5 rings (SSSR count). The highest BCUT2D eigenvalue weighted by molar-refractivity contribution is 5.92. The molecular formula is C26H26F2N4O2. The first-order valence-electron chi connectivity index (χ1n) is 11.4. The van der Waals surface area contributed by atoms with Gasteiger partial charge in [0.25, 0.3) is 5.91 Å². The minimum Gasteiger partial charge on any atom is -0.395 e. The lowest BCUT2D eigenvalue weighted by atomic mass is 9.66. The normalized spacial score (nSPS) is 22.0. The van der Waals surface area contributed by atoms with Gasteiger partial charge in [-0.2, -0.15) is 5.10 Å². The van der Waals surface area contributed by atoms with E-state index in [4.69, 9.17) is 4.98 Å². The standard InChI is InChI=1S/C26H26F2N4O2/c1-25(2)16-10-11-26(25,21-9-5-8-19(29-21)24(34)32(3)12-13-33)23-15(16)14-20(30-31-23)22-17(27)6-4-7-18(22)28/h4-9,14,16,33H,10-13H2,1-3H3/t16-,26+/m0/s1. The van der Waals surface area contributed by atoms with E-state index >= 15 is 0 Å². The number of fused-ring (bicyclic) bond motifs is 5. The number of halogens is 2. The van der Waals surface area contributed by atoms with Crippen LogP contribution in [-0.4, -0.2) is 51.3 Å². The Hall–Kier alpha value is -3.26. The van der Waals surface area contributed by atoms with Crippen molar-refractivity contribution >= 4 is 5.91 Å². The Bertz CT molecular complexity index is 1280. The quantitative estimate of drug-likeness (QED) is 0.616. The first-order chi connectivity index (χ1) is 16.2. The second-order valence-electron chi connectivity index (χ2n) is 9.71. The van der Waals surface area contributed by atoms with Crippen LogP contribution in [0.4, 0.5) is 8.78 Å². The van der Waals surface area contributed by atoms with Crippen molar-refractivity contribution in [2.75, 3.05) is 20.2 Å². The van der Waals surface area contributed by atoms with Gasteiger partial charge in [-0.1, -0.05) is 26.0 Å². The van der Waals surface area contributed by atoms with E-state index in [1.165, 1.54) is 23.1 Å². The van der Waals surface area contributed by atoms with E-state index < -0.39 is 17.0 Å². The molecule has 0 saturated heterocycles. The van der Waals surface area contributed by atoms with Gasteiger partial charge >= 0.3 is 0 Å². The molecule has 0 radical (unpaired) electrons. The predicted molar refractivity (Wildman–Crippen MR) is 122 cm³/mol. The molecule has 2 aliphatic carbocycles. The second kappa shape index (κ2) is 7.91. The van der Waals surface area contributed by atoms with Gasteiger partial charge in [0, 0.05) is 13.6 Å². The van der Waals surface area contributed by atoms with Gasteiger partial charge in [0.15, 0.2) is 0 Å². The Balaban J connectivity index is 1.63. The number of likely N-dealkylation sites (N-methyl/N-ethyl adjacent to an activating group) is 1. The fourth-order valence-electron chi connectivity index (χ4n) is 6.00. The molecule has 3 aromatic rings. The zero-order chi connectivity index (χ0) is 24.3. The molecule has 2 atom stereocenters. The summed E-state index contributed by atoms with van der Waals surface area (Å²) in [5, 5.41) is 18.0. The summed E-state index contributed by atoms with van der Waals surface area (Å²) >= 11 is 0. The molecule has 1 fully saturated rings. The molecule has 2 aromatic heterocycles. The fraction of sp³-hybridized carbons (Fsp3) is 0.385. The molecule has 2 heterocycles. The van der Waals surface area contributed by atoms with Crippen molar-refractivity contribution in [3.8, 4) is 11.3 Å². The number of hydrogen-bond acceptors (Lipinski definition) is 5.